The van der Waals surface area contributed by atoms with E-state index in [2.05, 4.69) is 31.8 Å². The first-order valence-electron chi connectivity index (χ1n) is 7.77. The SMILES string of the molecule is CCOc1ccc(C=NNC(=O)CC(=O)Nc2ccc(F)cc2)cc1Br. The van der Waals surface area contributed by atoms with Gasteiger partial charge in [-0.15, -0.1) is 0 Å². The number of carbonyl (C=O) groups excluding carboxylic acids is 2. The first-order chi connectivity index (χ1) is 12.5. The van der Waals surface area contributed by atoms with Crippen molar-refractivity contribution in [3.8, 4) is 5.75 Å². The predicted molar refractivity (Wildman–Crippen MR) is 101 cm³/mol. The first-order valence-corrected chi connectivity index (χ1v) is 8.57. The molecule has 8 heteroatoms. The molecule has 0 aliphatic heterocycles. The molecule has 2 N–H and O–H groups in total. The van der Waals surface area contributed by atoms with E-state index in [1.807, 2.05) is 6.92 Å². The Morgan fingerprint density at radius 3 is 2.58 bits per heavy atom. The molecule has 2 aromatic rings. The number of amides is 2. The lowest BCUT2D eigenvalue weighted by Crippen LogP contribution is -2.24. The fourth-order valence-corrected chi connectivity index (χ4v) is 2.48. The number of hydrogen-bond acceptors (Lipinski definition) is 4. The zero-order valence-electron chi connectivity index (χ0n) is 14.0. The average Bonchev–Trinajstić information content (AvgIpc) is 2.59. The van der Waals surface area contributed by atoms with E-state index in [0.717, 1.165) is 10.0 Å². The summed E-state index contributed by atoms with van der Waals surface area (Å²) in [5, 5.41) is 6.31. The van der Waals surface area contributed by atoms with Crippen LogP contribution in [0.1, 0.15) is 18.9 Å². The van der Waals surface area contributed by atoms with Crippen molar-refractivity contribution >= 4 is 39.6 Å². The van der Waals surface area contributed by atoms with Crippen LogP contribution in [0.2, 0.25) is 0 Å². The van der Waals surface area contributed by atoms with Crippen LogP contribution in [0.25, 0.3) is 0 Å². The van der Waals surface area contributed by atoms with Crippen LogP contribution in [-0.4, -0.2) is 24.6 Å². The molecule has 0 aromatic heterocycles. The Hall–Kier alpha value is -2.74. The van der Waals surface area contributed by atoms with Crippen LogP contribution in [-0.2, 0) is 9.59 Å². The zero-order valence-corrected chi connectivity index (χ0v) is 15.5. The standard InChI is InChI=1S/C18H17BrFN3O3/c1-2-26-16-8-3-12(9-15(16)19)11-21-23-18(25)10-17(24)22-14-6-4-13(20)5-7-14/h3-9,11H,2,10H2,1H3,(H,22,24)(H,23,25). The molecule has 0 unspecified atom stereocenters. The summed E-state index contributed by atoms with van der Waals surface area (Å²) < 4.78 is 19.0. The molecule has 0 fully saturated rings. The molecule has 0 saturated heterocycles. The number of rotatable bonds is 7. The van der Waals surface area contributed by atoms with Gasteiger partial charge in [-0.3, -0.25) is 9.59 Å². The van der Waals surface area contributed by atoms with Crippen LogP contribution in [0.3, 0.4) is 0 Å². The Balaban J connectivity index is 1.82. The molecular formula is C18H17BrFN3O3. The Morgan fingerprint density at radius 1 is 1.19 bits per heavy atom. The topological polar surface area (TPSA) is 79.8 Å². The third-order valence-corrected chi connectivity index (χ3v) is 3.73. The largest absolute Gasteiger partial charge is 0.493 e. The fourth-order valence-electron chi connectivity index (χ4n) is 1.97. The summed E-state index contributed by atoms with van der Waals surface area (Å²) in [7, 11) is 0. The lowest BCUT2D eigenvalue weighted by Gasteiger charge is -2.06. The molecule has 2 aromatic carbocycles. The van der Waals surface area contributed by atoms with Gasteiger partial charge in [-0.1, -0.05) is 0 Å². The summed E-state index contributed by atoms with van der Waals surface area (Å²) in [6, 6.07) is 10.6. The van der Waals surface area contributed by atoms with Gasteiger partial charge < -0.3 is 10.1 Å². The van der Waals surface area contributed by atoms with Crippen molar-refractivity contribution in [3.63, 3.8) is 0 Å². The number of hydrogen-bond donors (Lipinski definition) is 2. The van der Waals surface area contributed by atoms with E-state index in [4.69, 9.17) is 4.74 Å². The van der Waals surface area contributed by atoms with E-state index in [1.54, 1.807) is 18.2 Å². The lowest BCUT2D eigenvalue weighted by atomic mass is 10.2. The summed E-state index contributed by atoms with van der Waals surface area (Å²) in [5.41, 5.74) is 3.44. The fraction of sp³-hybridized carbons (Fsp3) is 0.167. The van der Waals surface area contributed by atoms with E-state index in [1.165, 1.54) is 30.5 Å². The third kappa shape index (κ3) is 6.29. The van der Waals surface area contributed by atoms with E-state index < -0.39 is 24.1 Å². The highest BCUT2D eigenvalue weighted by Gasteiger charge is 2.09. The molecule has 0 bridgehead atoms. The monoisotopic (exact) mass is 421 g/mol. The van der Waals surface area contributed by atoms with E-state index in [9.17, 15) is 14.0 Å². The van der Waals surface area contributed by atoms with E-state index in [-0.39, 0.29) is 0 Å². The van der Waals surface area contributed by atoms with Crippen LogP contribution in [0.5, 0.6) is 5.75 Å². The second-order valence-electron chi connectivity index (χ2n) is 5.15. The molecule has 0 saturated carbocycles. The molecule has 2 amide bonds. The molecule has 0 atom stereocenters. The minimum absolute atomic E-state index is 0.401. The highest BCUT2D eigenvalue weighted by atomic mass is 79.9. The third-order valence-electron chi connectivity index (χ3n) is 3.11. The maximum absolute atomic E-state index is 12.8. The van der Waals surface area contributed by atoms with Gasteiger partial charge in [0.1, 0.15) is 18.0 Å². The van der Waals surface area contributed by atoms with Crippen LogP contribution in [0, 0.1) is 5.82 Å². The van der Waals surface area contributed by atoms with Gasteiger partial charge in [0.2, 0.25) is 11.8 Å². The number of carbonyl (C=O) groups is 2. The van der Waals surface area contributed by atoms with E-state index >= 15 is 0 Å². The predicted octanol–water partition coefficient (Wildman–Crippen LogP) is 3.47. The van der Waals surface area contributed by atoms with Crippen LogP contribution in [0.4, 0.5) is 10.1 Å². The second-order valence-corrected chi connectivity index (χ2v) is 6.00. The number of hydrazone groups is 1. The van der Waals surface area contributed by atoms with Crippen LogP contribution >= 0.6 is 15.9 Å². The summed E-state index contributed by atoms with van der Waals surface area (Å²) >= 11 is 3.39. The molecule has 0 spiro atoms. The molecule has 6 nitrogen and oxygen atoms in total. The first kappa shape index (κ1) is 19.6. The second kappa shape index (κ2) is 9.67. The van der Waals surface area contributed by atoms with Crippen molar-refractivity contribution in [1.82, 2.24) is 5.43 Å². The lowest BCUT2D eigenvalue weighted by molar-refractivity contribution is -0.126. The van der Waals surface area contributed by atoms with Crippen LogP contribution < -0.4 is 15.5 Å². The normalized spacial score (nSPS) is 10.6. The Morgan fingerprint density at radius 2 is 1.92 bits per heavy atom. The van der Waals surface area contributed by atoms with Gasteiger partial charge in [0.25, 0.3) is 0 Å². The highest BCUT2D eigenvalue weighted by Crippen LogP contribution is 2.25. The Labute approximate surface area is 158 Å². The highest BCUT2D eigenvalue weighted by molar-refractivity contribution is 9.10. The minimum Gasteiger partial charge on any atom is -0.493 e. The van der Waals surface area contributed by atoms with Gasteiger partial charge in [-0.2, -0.15) is 5.10 Å². The molecule has 0 aliphatic rings. The molecule has 0 heterocycles. The molecule has 0 radical (unpaired) electrons. The maximum Gasteiger partial charge on any atom is 0.249 e. The quantitative estimate of drug-likeness (QED) is 0.408. The van der Waals surface area contributed by atoms with Gasteiger partial charge >= 0.3 is 0 Å². The number of halogens is 2. The molecule has 136 valence electrons. The molecule has 26 heavy (non-hydrogen) atoms. The number of benzene rings is 2. The van der Waals surface area contributed by atoms with Gasteiger partial charge in [0.15, 0.2) is 0 Å². The van der Waals surface area contributed by atoms with Crippen molar-refractivity contribution in [1.29, 1.82) is 0 Å². The van der Waals surface area contributed by atoms with Crippen molar-refractivity contribution in [3.05, 3.63) is 58.3 Å². The van der Waals surface area contributed by atoms with Crippen molar-refractivity contribution in [2.75, 3.05) is 11.9 Å². The average molecular weight is 422 g/mol. The number of anilines is 1. The molecular weight excluding hydrogens is 405 g/mol. The van der Waals surface area contributed by atoms with Crippen molar-refractivity contribution in [2.24, 2.45) is 5.10 Å². The maximum atomic E-state index is 12.8. The Bertz CT molecular complexity index is 810. The van der Waals surface area contributed by atoms with Gasteiger partial charge in [-0.25, -0.2) is 9.82 Å². The summed E-state index contributed by atoms with van der Waals surface area (Å²) in [6.07, 6.45) is 1.05. The molecule has 2 rings (SSSR count). The van der Waals surface area contributed by atoms with Gasteiger partial charge in [-0.05, 0) is 70.9 Å². The van der Waals surface area contributed by atoms with Gasteiger partial charge in [0, 0.05) is 5.69 Å². The van der Waals surface area contributed by atoms with Gasteiger partial charge in [0.05, 0.1) is 17.3 Å². The number of nitrogens with one attached hydrogen (secondary N) is 2. The van der Waals surface area contributed by atoms with E-state index in [0.29, 0.717) is 18.0 Å². The number of nitrogens with zero attached hydrogens (tertiary/aromatic N) is 1. The Kier molecular flexibility index (Phi) is 7.28. The van der Waals surface area contributed by atoms with Crippen molar-refractivity contribution < 1.29 is 18.7 Å². The molecule has 0 aliphatic carbocycles. The summed E-state index contributed by atoms with van der Waals surface area (Å²) in [5.74, 6) is -0.777. The summed E-state index contributed by atoms with van der Waals surface area (Å²) in [6.45, 7) is 2.45. The summed E-state index contributed by atoms with van der Waals surface area (Å²) in [4.78, 5) is 23.5. The minimum atomic E-state index is -0.564. The smallest absolute Gasteiger partial charge is 0.249 e. The zero-order chi connectivity index (χ0) is 18.9. The number of ether oxygens (including phenoxy) is 1. The van der Waals surface area contributed by atoms with Crippen molar-refractivity contribution in [2.45, 2.75) is 13.3 Å². The van der Waals surface area contributed by atoms with Crippen LogP contribution in [0.15, 0.2) is 52.0 Å².